The first kappa shape index (κ1) is 14.2. The van der Waals surface area contributed by atoms with E-state index in [0.717, 1.165) is 11.3 Å². The molecule has 0 saturated heterocycles. The Bertz CT molecular complexity index is 628. The molecule has 0 radical (unpaired) electrons. The van der Waals surface area contributed by atoms with E-state index in [2.05, 4.69) is 10.1 Å². The summed E-state index contributed by atoms with van der Waals surface area (Å²) in [6.07, 6.45) is 0. The van der Waals surface area contributed by atoms with Crippen molar-refractivity contribution in [2.75, 3.05) is 12.4 Å². The summed E-state index contributed by atoms with van der Waals surface area (Å²) in [6, 6.07) is 12.1. The molecule has 0 fully saturated rings. The number of rotatable bonds is 4. The van der Waals surface area contributed by atoms with E-state index in [1.165, 1.54) is 7.11 Å². The van der Waals surface area contributed by atoms with Crippen LogP contribution in [-0.4, -0.2) is 18.2 Å². The molecule has 0 spiro atoms. The first-order valence-corrected chi connectivity index (χ1v) is 6.38. The number of phenols is 1. The maximum atomic E-state index is 11.5. The second-order valence-electron chi connectivity index (χ2n) is 4.17. The zero-order valence-corrected chi connectivity index (χ0v) is 11.6. The van der Waals surface area contributed by atoms with Crippen LogP contribution in [0.4, 0.5) is 5.69 Å². The number of esters is 1. The maximum absolute atomic E-state index is 11.5. The van der Waals surface area contributed by atoms with Gasteiger partial charge in [0.1, 0.15) is 5.75 Å². The summed E-state index contributed by atoms with van der Waals surface area (Å²) in [5.41, 5.74) is 1.79. The van der Waals surface area contributed by atoms with Gasteiger partial charge in [-0.15, -0.1) is 0 Å². The topological polar surface area (TPSA) is 58.6 Å². The standard InChI is InChI=1S/C15H14ClNO3/c1-20-15(19)12-8-11(6-7-13(12)16)17-9-10-4-2-3-5-14(10)18/h2-8,17-18H,9H2,1H3. The second kappa shape index (κ2) is 6.30. The Morgan fingerprint density at radius 1 is 1.30 bits per heavy atom. The number of hydrogen-bond donors (Lipinski definition) is 2. The number of methoxy groups -OCH3 is 1. The quantitative estimate of drug-likeness (QED) is 0.847. The molecule has 0 heterocycles. The van der Waals surface area contributed by atoms with E-state index in [9.17, 15) is 9.90 Å². The average Bonchev–Trinajstić information content (AvgIpc) is 2.47. The van der Waals surface area contributed by atoms with Crippen molar-refractivity contribution >= 4 is 23.3 Å². The van der Waals surface area contributed by atoms with Gasteiger partial charge in [0.2, 0.25) is 0 Å². The van der Waals surface area contributed by atoms with E-state index in [0.29, 0.717) is 17.1 Å². The largest absolute Gasteiger partial charge is 0.508 e. The fourth-order valence-electron chi connectivity index (χ4n) is 1.76. The van der Waals surface area contributed by atoms with Gasteiger partial charge >= 0.3 is 5.97 Å². The molecule has 104 valence electrons. The number of carbonyl (C=O) groups is 1. The Hall–Kier alpha value is -2.20. The summed E-state index contributed by atoms with van der Waals surface area (Å²) < 4.78 is 4.66. The van der Waals surface area contributed by atoms with E-state index < -0.39 is 5.97 Å². The van der Waals surface area contributed by atoms with Crippen molar-refractivity contribution in [2.24, 2.45) is 0 Å². The van der Waals surface area contributed by atoms with Crippen LogP contribution < -0.4 is 5.32 Å². The monoisotopic (exact) mass is 291 g/mol. The number of para-hydroxylation sites is 1. The van der Waals surface area contributed by atoms with Crippen LogP contribution in [-0.2, 0) is 11.3 Å². The summed E-state index contributed by atoms with van der Waals surface area (Å²) in [6.45, 7) is 0.439. The highest BCUT2D eigenvalue weighted by Gasteiger charge is 2.11. The van der Waals surface area contributed by atoms with Crippen molar-refractivity contribution in [2.45, 2.75) is 6.54 Å². The van der Waals surface area contributed by atoms with Crippen molar-refractivity contribution in [1.82, 2.24) is 0 Å². The van der Waals surface area contributed by atoms with Crippen LogP contribution in [0.15, 0.2) is 42.5 Å². The highest BCUT2D eigenvalue weighted by molar-refractivity contribution is 6.33. The minimum Gasteiger partial charge on any atom is -0.508 e. The molecule has 0 bridgehead atoms. The van der Waals surface area contributed by atoms with Crippen molar-refractivity contribution in [3.63, 3.8) is 0 Å². The Balaban J connectivity index is 2.14. The lowest BCUT2D eigenvalue weighted by Crippen LogP contribution is -2.05. The number of benzene rings is 2. The minimum atomic E-state index is -0.485. The third kappa shape index (κ3) is 3.22. The zero-order chi connectivity index (χ0) is 14.5. The Morgan fingerprint density at radius 2 is 2.05 bits per heavy atom. The number of anilines is 1. The summed E-state index contributed by atoms with van der Waals surface area (Å²) >= 11 is 5.94. The lowest BCUT2D eigenvalue weighted by molar-refractivity contribution is 0.0601. The summed E-state index contributed by atoms with van der Waals surface area (Å²) in [5, 5.41) is 13.1. The SMILES string of the molecule is COC(=O)c1cc(NCc2ccccc2O)ccc1Cl. The molecular weight excluding hydrogens is 278 g/mol. The van der Waals surface area contributed by atoms with Crippen LogP contribution in [0.3, 0.4) is 0 Å². The second-order valence-corrected chi connectivity index (χ2v) is 4.58. The van der Waals surface area contributed by atoms with Crippen molar-refractivity contribution in [3.8, 4) is 5.75 Å². The van der Waals surface area contributed by atoms with E-state index >= 15 is 0 Å². The molecule has 2 aromatic carbocycles. The summed E-state index contributed by atoms with van der Waals surface area (Å²) in [7, 11) is 1.31. The van der Waals surface area contributed by atoms with Gasteiger partial charge < -0.3 is 15.2 Å². The van der Waals surface area contributed by atoms with Gasteiger partial charge in [0.05, 0.1) is 17.7 Å². The van der Waals surface area contributed by atoms with Gasteiger partial charge in [0.15, 0.2) is 0 Å². The van der Waals surface area contributed by atoms with E-state index in [4.69, 9.17) is 11.6 Å². The van der Waals surface area contributed by atoms with E-state index in [1.54, 1.807) is 30.3 Å². The number of nitrogens with one attached hydrogen (secondary N) is 1. The minimum absolute atomic E-state index is 0.224. The van der Waals surface area contributed by atoms with Crippen LogP contribution in [0.5, 0.6) is 5.75 Å². The van der Waals surface area contributed by atoms with E-state index in [1.807, 2.05) is 12.1 Å². The average molecular weight is 292 g/mol. The fraction of sp³-hybridized carbons (Fsp3) is 0.133. The lowest BCUT2D eigenvalue weighted by atomic mass is 10.1. The molecule has 20 heavy (non-hydrogen) atoms. The molecule has 2 rings (SSSR count). The maximum Gasteiger partial charge on any atom is 0.339 e. The molecule has 0 aliphatic rings. The van der Waals surface area contributed by atoms with Gasteiger partial charge in [0, 0.05) is 17.8 Å². The van der Waals surface area contributed by atoms with Crippen LogP contribution in [0.1, 0.15) is 15.9 Å². The number of aromatic hydroxyl groups is 1. The smallest absolute Gasteiger partial charge is 0.339 e. The summed E-state index contributed by atoms with van der Waals surface area (Å²) in [5.74, 6) is -0.261. The van der Waals surface area contributed by atoms with Gasteiger partial charge in [-0.1, -0.05) is 29.8 Å². The van der Waals surface area contributed by atoms with Gasteiger partial charge in [-0.25, -0.2) is 4.79 Å². The molecule has 0 atom stereocenters. The van der Waals surface area contributed by atoms with Gasteiger partial charge in [-0.3, -0.25) is 0 Å². The Morgan fingerprint density at radius 3 is 2.75 bits per heavy atom. The molecule has 0 unspecified atom stereocenters. The molecule has 0 aliphatic carbocycles. The van der Waals surface area contributed by atoms with Crippen molar-refractivity contribution in [1.29, 1.82) is 0 Å². The predicted molar refractivity (Wildman–Crippen MR) is 78.2 cm³/mol. The number of phenolic OH excluding ortho intramolecular Hbond substituents is 1. The Kier molecular flexibility index (Phi) is 4.48. The number of hydrogen-bond acceptors (Lipinski definition) is 4. The molecular formula is C15H14ClNO3. The third-order valence-corrected chi connectivity index (χ3v) is 3.18. The number of ether oxygens (including phenoxy) is 1. The van der Waals surface area contributed by atoms with E-state index in [-0.39, 0.29) is 5.75 Å². The molecule has 0 aliphatic heterocycles. The number of halogens is 1. The lowest BCUT2D eigenvalue weighted by Gasteiger charge is -2.10. The highest BCUT2D eigenvalue weighted by atomic mass is 35.5. The molecule has 2 aromatic rings. The first-order chi connectivity index (χ1) is 9.61. The fourth-order valence-corrected chi connectivity index (χ4v) is 1.95. The van der Waals surface area contributed by atoms with Crippen molar-refractivity contribution in [3.05, 3.63) is 58.6 Å². The highest BCUT2D eigenvalue weighted by Crippen LogP contribution is 2.23. The molecule has 0 aromatic heterocycles. The molecule has 2 N–H and O–H groups in total. The van der Waals surface area contributed by atoms with Crippen molar-refractivity contribution < 1.29 is 14.6 Å². The first-order valence-electron chi connectivity index (χ1n) is 6.00. The van der Waals surface area contributed by atoms with Crippen LogP contribution in [0.2, 0.25) is 5.02 Å². The zero-order valence-electron chi connectivity index (χ0n) is 10.9. The van der Waals surface area contributed by atoms with Crippen LogP contribution >= 0.6 is 11.6 Å². The third-order valence-electron chi connectivity index (χ3n) is 2.85. The molecule has 4 nitrogen and oxygen atoms in total. The molecule has 5 heteroatoms. The van der Waals surface area contributed by atoms with Crippen LogP contribution in [0, 0.1) is 0 Å². The summed E-state index contributed by atoms with van der Waals surface area (Å²) in [4.78, 5) is 11.5. The molecule has 0 amide bonds. The van der Waals surface area contributed by atoms with Crippen LogP contribution in [0.25, 0.3) is 0 Å². The normalized spacial score (nSPS) is 10.1. The Labute approximate surface area is 122 Å². The van der Waals surface area contributed by atoms with Gasteiger partial charge in [-0.05, 0) is 24.3 Å². The molecule has 0 saturated carbocycles. The number of carbonyl (C=O) groups excluding carboxylic acids is 1. The van der Waals surface area contributed by atoms with Gasteiger partial charge in [-0.2, -0.15) is 0 Å². The predicted octanol–water partition coefficient (Wildman–Crippen LogP) is 3.44. The van der Waals surface area contributed by atoms with Gasteiger partial charge in [0.25, 0.3) is 0 Å².